The molecule has 0 aliphatic heterocycles. The standard InChI is InChI=1S/C32H22FN5O/c33-28-9-5-4-8-25(28)24-12-13-35-32-26(24)16-30(36-32)31-27-15-21(10-11-29(27)37-38-31)22-14-23(18-34-17-22)39-19-20-6-2-1-3-7-20/h1-18H,19H2,(H,35,36)(H,37,38). The van der Waals surface area contributed by atoms with Gasteiger partial charge in [0.2, 0.25) is 0 Å². The molecular weight excluding hydrogens is 489 g/mol. The van der Waals surface area contributed by atoms with E-state index in [1.807, 2.05) is 72.9 Å². The van der Waals surface area contributed by atoms with Crippen molar-refractivity contribution < 1.29 is 9.13 Å². The highest BCUT2D eigenvalue weighted by atomic mass is 19.1. The summed E-state index contributed by atoms with van der Waals surface area (Å²) in [7, 11) is 0. The summed E-state index contributed by atoms with van der Waals surface area (Å²) in [5.74, 6) is 0.428. The van der Waals surface area contributed by atoms with E-state index in [1.54, 1.807) is 24.5 Å². The van der Waals surface area contributed by atoms with E-state index < -0.39 is 0 Å². The van der Waals surface area contributed by atoms with Crippen LogP contribution in [0.15, 0.2) is 110 Å². The summed E-state index contributed by atoms with van der Waals surface area (Å²) >= 11 is 0. The quantitative estimate of drug-likeness (QED) is 0.242. The van der Waals surface area contributed by atoms with Crippen molar-refractivity contribution in [3.05, 3.63) is 121 Å². The summed E-state index contributed by atoms with van der Waals surface area (Å²) in [6, 6.07) is 28.7. The zero-order chi connectivity index (χ0) is 26.2. The first-order valence-corrected chi connectivity index (χ1v) is 12.6. The van der Waals surface area contributed by atoms with Gasteiger partial charge in [-0.2, -0.15) is 5.10 Å². The zero-order valence-electron chi connectivity index (χ0n) is 20.7. The smallest absolute Gasteiger partial charge is 0.138 e. The molecule has 7 aromatic rings. The third-order valence-corrected chi connectivity index (χ3v) is 6.81. The largest absolute Gasteiger partial charge is 0.487 e. The Morgan fingerprint density at radius 2 is 1.64 bits per heavy atom. The van der Waals surface area contributed by atoms with Crippen molar-refractivity contribution in [3.63, 3.8) is 0 Å². The summed E-state index contributed by atoms with van der Waals surface area (Å²) in [5.41, 5.74) is 7.46. The number of H-pyrrole nitrogens is 2. The fourth-order valence-corrected chi connectivity index (χ4v) is 4.86. The predicted octanol–water partition coefficient (Wildman–Crippen LogP) is 7.55. The molecule has 0 amide bonds. The topological polar surface area (TPSA) is 79.5 Å². The molecule has 4 aromatic heterocycles. The first-order valence-electron chi connectivity index (χ1n) is 12.6. The minimum absolute atomic E-state index is 0.272. The number of aromatic nitrogens is 5. The van der Waals surface area contributed by atoms with E-state index >= 15 is 0 Å². The second-order valence-electron chi connectivity index (χ2n) is 9.30. The molecule has 188 valence electrons. The molecule has 7 rings (SSSR count). The maximum Gasteiger partial charge on any atom is 0.138 e. The van der Waals surface area contributed by atoms with Crippen LogP contribution in [0.3, 0.4) is 0 Å². The highest BCUT2D eigenvalue weighted by Gasteiger charge is 2.16. The second kappa shape index (κ2) is 9.54. The van der Waals surface area contributed by atoms with Crippen LogP contribution >= 0.6 is 0 Å². The molecule has 3 aromatic carbocycles. The van der Waals surface area contributed by atoms with Gasteiger partial charge in [-0.3, -0.25) is 10.1 Å². The molecule has 0 unspecified atom stereocenters. The Morgan fingerprint density at radius 3 is 2.54 bits per heavy atom. The van der Waals surface area contributed by atoms with E-state index in [1.165, 1.54) is 6.07 Å². The number of hydrogen-bond donors (Lipinski definition) is 2. The normalized spacial score (nSPS) is 11.3. The predicted molar refractivity (Wildman–Crippen MR) is 151 cm³/mol. The van der Waals surface area contributed by atoms with Crippen molar-refractivity contribution in [1.82, 2.24) is 25.1 Å². The summed E-state index contributed by atoms with van der Waals surface area (Å²) in [4.78, 5) is 12.3. The average Bonchev–Trinajstić information content (AvgIpc) is 3.61. The maximum absolute atomic E-state index is 14.6. The summed E-state index contributed by atoms with van der Waals surface area (Å²) in [5, 5.41) is 9.50. The molecule has 0 saturated carbocycles. The van der Waals surface area contributed by atoms with Crippen molar-refractivity contribution in [2.75, 3.05) is 0 Å². The zero-order valence-corrected chi connectivity index (χ0v) is 20.7. The molecular formula is C32H22FN5O. The first-order chi connectivity index (χ1) is 19.2. The molecule has 0 spiro atoms. The van der Waals surface area contributed by atoms with E-state index in [4.69, 9.17) is 4.74 Å². The number of nitrogens with one attached hydrogen (secondary N) is 2. The van der Waals surface area contributed by atoms with Crippen LogP contribution in [0.25, 0.3) is 55.6 Å². The lowest BCUT2D eigenvalue weighted by Gasteiger charge is -2.08. The highest BCUT2D eigenvalue weighted by Crippen LogP contribution is 2.35. The highest BCUT2D eigenvalue weighted by molar-refractivity contribution is 6.00. The number of pyridine rings is 2. The van der Waals surface area contributed by atoms with Gasteiger partial charge < -0.3 is 9.72 Å². The lowest BCUT2D eigenvalue weighted by molar-refractivity contribution is 0.305. The molecule has 0 bridgehead atoms. The van der Waals surface area contributed by atoms with Gasteiger partial charge in [-0.1, -0.05) is 54.6 Å². The minimum atomic E-state index is -0.272. The number of fused-ring (bicyclic) bond motifs is 2. The summed E-state index contributed by atoms with van der Waals surface area (Å²) in [6.45, 7) is 0.472. The Hall–Kier alpha value is -5.30. The van der Waals surface area contributed by atoms with Gasteiger partial charge in [0.25, 0.3) is 0 Å². The van der Waals surface area contributed by atoms with Gasteiger partial charge >= 0.3 is 0 Å². The van der Waals surface area contributed by atoms with Crippen LogP contribution in [-0.4, -0.2) is 25.1 Å². The molecule has 39 heavy (non-hydrogen) atoms. The van der Waals surface area contributed by atoms with E-state index in [-0.39, 0.29) is 5.82 Å². The van der Waals surface area contributed by atoms with Gasteiger partial charge in [-0.15, -0.1) is 0 Å². The van der Waals surface area contributed by atoms with Crippen LogP contribution < -0.4 is 4.74 Å². The van der Waals surface area contributed by atoms with Crippen molar-refractivity contribution >= 4 is 21.9 Å². The van der Waals surface area contributed by atoms with Gasteiger partial charge in [0.05, 0.1) is 17.4 Å². The van der Waals surface area contributed by atoms with Gasteiger partial charge in [-0.05, 0) is 53.1 Å². The van der Waals surface area contributed by atoms with Crippen LogP contribution in [0.4, 0.5) is 4.39 Å². The van der Waals surface area contributed by atoms with E-state index in [0.717, 1.165) is 49.9 Å². The summed E-state index contributed by atoms with van der Waals surface area (Å²) in [6.07, 6.45) is 5.23. The summed E-state index contributed by atoms with van der Waals surface area (Å²) < 4.78 is 20.6. The van der Waals surface area contributed by atoms with Crippen LogP contribution in [0.2, 0.25) is 0 Å². The number of ether oxygens (including phenoxy) is 1. The lowest BCUT2D eigenvalue weighted by atomic mass is 10.0. The number of benzene rings is 3. The van der Waals surface area contributed by atoms with Crippen LogP contribution in [0.5, 0.6) is 5.75 Å². The Bertz CT molecular complexity index is 1940. The molecule has 0 aliphatic rings. The first kappa shape index (κ1) is 22.9. The van der Waals surface area contributed by atoms with Gasteiger partial charge in [0, 0.05) is 34.3 Å². The van der Waals surface area contributed by atoms with E-state index in [9.17, 15) is 4.39 Å². The van der Waals surface area contributed by atoms with Crippen LogP contribution in [0.1, 0.15) is 5.56 Å². The Labute approximate surface area is 223 Å². The Kier molecular flexibility index (Phi) is 5.59. The van der Waals surface area contributed by atoms with E-state index in [0.29, 0.717) is 23.6 Å². The van der Waals surface area contributed by atoms with Gasteiger partial charge in [0.1, 0.15) is 29.5 Å². The number of hydrogen-bond acceptors (Lipinski definition) is 4. The van der Waals surface area contributed by atoms with Crippen molar-refractivity contribution in [2.45, 2.75) is 6.61 Å². The Morgan fingerprint density at radius 1 is 0.769 bits per heavy atom. The second-order valence-corrected chi connectivity index (χ2v) is 9.30. The molecule has 0 aliphatic carbocycles. The minimum Gasteiger partial charge on any atom is -0.487 e. The number of halogens is 1. The lowest BCUT2D eigenvalue weighted by Crippen LogP contribution is -1.95. The molecule has 2 N–H and O–H groups in total. The van der Waals surface area contributed by atoms with Gasteiger partial charge in [0.15, 0.2) is 0 Å². The SMILES string of the molecule is Fc1ccccc1-c1ccnc2[nH]c(-c3n[nH]c4ccc(-c5cncc(OCc6ccccc6)c5)cc34)cc12. The molecule has 7 heteroatoms. The molecule has 0 radical (unpaired) electrons. The fraction of sp³-hybridized carbons (Fsp3) is 0.0312. The van der Waals surface area contributed by atoms with E-state index in [2.05, 4.69) is 31.2 Å². The fourth-order valence-electron chi connectivity index (χ4n) is 4.86. The molecule has 0 fully saturated rings. The van der Waals surface area contributed by atoms with Crippen LogP contribution in [0, 0.1) is 5.82 Å². The number of rotatable bonds is 6. The Balaban J connectivity index is 1.25. The van der Waals surface area contributed by atoms with Gasteiger partial charge in [-0.25, -0.2) is 9.37 Å². The molecule has 0 atom stereocenters. The van der Waals surface area contributed by atoms with Crippen molar-refractivity contribution in [2.24, 2.45) is 0 Å². The maximum atomic E-state index is 14.6. The average molecular weight is 512 g/mol. The van der Waals surface area contributed by atoms with Crippen LogP contribution in [-0.2, 0) is 6.61 Å². The third kappa shape index (κ3) is 4.30. The molecule has 4 heterocycles. The third-order valence-electron chi connectivity index (χ3n) is 6.81. The molecule has 0 saturated heterocycles. The van der Waals surface area contributed by atoms with Crippen molar-refractivity contribution in [1.29, 1.82) is 0 Å². The monoisotopic (exact) mass is 511 g/mol. The van der Waals surface area contributed by atoms with Crippen molar-refractivity contribution in [3.8, 4) is 39.4 Å². The number of nitrogens with zero attached hydrogens (tertiary/aromatic N) is 3. The molecule has 6 nitrogen and oxygen atoms in total. The number of aromatic amines is 2.